The predicted octanol–water partition coefficient (Wildman–Crippen LogP) is 0.993. The molecule has 3 N–H and O–H groups in total. The van der Waals surface area contributed by atoms with E-state index in [1.807, 2.05) is 30.0 Å². The van der Waals surface area contributed by atoms with Crippen LogP contribution in [0.25, 0.3) is 0 Å². The van der Waals surface area contributed by atoms with Crippen molar-refractivity contribution in [3.8, 4) is 0 Å². The summed E-state index contributed by atoms with van der Waals surface area (Å²) in [6.07, 6.45) is 4.83. The van der Waals surface area contributed by atoms with Gasteiger partial charge in [0, 0.05) is 12.7 Å². The van der Waals surface area contributed by atoms with Crippen molar-refractivity contribution in [2.45, 2.75) is 13.5 Å². The van der Waals surface area contributed by atoms with Crippen LogP contribution in [0.5, 0.6) is 0 Å². The number of hydrogen-bond acceptors (Lipinski definition) is 6. The molecule has 0 aliphatic heterocycles. The van der Waals surface area contributed by atoms with Crippen molar-refractivity contribution in [1.29, 1.82) is 0 Å². The second-order valence-electron chi connectivity index (χ2n) is 4.08. The average molecular weight is 272 g/mol. The highest BCUT2D eigenvalue weighted by Crippen LogP contribution is 2.12. The Kier molecular flexibility index (Phi) is 4.43. The van der Waals surface area contributed by atoms with Crippen LogP contribution in [0.2, 0.25) is 0 Å². The second kappa shape index (κ2) is 6.46. The molecule has 0 unspecified atom stereocenters. The molecule has 7 heteroatoms. The zero-order chi connectivity index (χ0) is 14.4. The molecule has 0 aliphatic carbocycles. The highest BCUT2D eigenvalue weighted by molar-refractivity contribution is 5.94. The molecule has 0 fully saturated rings. The van der Waals surface area contributed by atoms with E-state index in [2.05, 4.69) is 20.1 Å². The molecule has 20 heavy (non-hydrogen) atoms. The van der Waals surface area contributed by atoms with Gasteiger partial charge in [-0.15, -0.1) is 0 Å². The molecular weight excluding hydrogens is 256 g/mol. The lowest BCUT2D eigenvalue weighted by atomic mass is 10.3. The zero-order valence-corrected chi connectivity index (χ0v) is 11.1. The van der Waals surface area contributed by atoms with Gasteiger partial charge in [-0.1, -0.05) is 11.2 Å². The number of oxime groups is 1. The molecule has 7 nitrogen and oxygen atoms in total. The first-order chi connectivity index (χ1) is 9.74. The minimum absolute atomic E-state index is 0.0585. The third-order valence-electron chi connectivity index (χ3n) is 2.79. The fourth-order valence-electron chi connectivity index (χ4n) is 1.71. The van der Waals surface area contributed by atoms with Gasteiger partial charge in [0.1, 0.15) is 11.5 Å². The standard InChI is InChI=1S/C13H16N6O/c1-2-19(9-10-5-3-4-6-15-10)12-8-16-11(7-17-12)13(14)18-20/h3-8,20H,2,9H2,1H3,(H2,14,18). The maximum atomic E-state index is 8.58. The summed E-state index contributed by atoms with van der Waals surface area (Å²) in [5, 5.41) is 11.5. The van der Waals surface area contributed by atoms with Gasteiger partial charge >= 0.3 is 0 Å². The molecular formula is C13H16N6O. The van der Waals surface area contributed by atoms with Crippen LogP contribution >= 0.6 is 0 Å². The van der Waals surface area contributed by atoms with Crippen molar-refractivity contribution in [3.05, 3.63) is 48.2 Å². The summed E-state index contributed by atoms with van der Waals surface area (Å²) in [6, 6.07) is 5.79. The Hall–Kier alpha value is -2.70. The first-order valence-corrected chi connectivity index (χ1v) is 6.19. The molecule has 0 aromatic carbocycles. The topological polar surface area (TPSA) is 101 Å². The van der Waals surface area contributed by atoms with Crippen LogP contribution in [0.1, 0.15) is 18.3 Å². The SMILES string of the molecule is CCN(Cc1ccccn1)c1cnc(/C(N)=N/O)cn1. The number of nitrogens with zero attached hydrogens (tertiary/aromatic N) is 5. The molecule has 2 rings (SSSR count). The van der Waals surface area contributed by atoms with E-state index in [0.717, 1.165) is 12.2 Å². The van der Waals surface area contributed by atoms with Crippen molar-refractivity contribution in [3.63, 3.8) is 0 Å². The Morgan fingerprint density at radius 3 is 2.70 bits per heavy atom. The van der Waals surface area contributed by atoms with E-state index in [-0.39, 0.29) is 5.84 Å². The van der Waals surface area contributed by atoms with Gasteiger partial charge < -0.3 is 15.8 Å². The molecule has 0 atom stereocenters. The summed E-state index contributed by atoms with van der Waals surface area (Å²) in [6.45, 7) is 3.45. The summed E-state index contributed by atoms with van der Waals surface area (Å²) >= 11 is 0. The maximum absolute atomic E-state index is 8.58. The zero-order valence-electron chi connectivity index (χ0n) is 11.1. The summed E-state index contributed by atoms with van der Waals surface area (Å²) in [4.78, 5) is 14.7. The van der Waals surface area contributed by atoms with E-state index < -0.39 is 0 Å². The maximum Gasteiger partial charge on any atom is 0.190 e. The average Bonchev–Trinajstić information content (AvgIpc) is 2.53. The van der Waals surface area contributed by atoms with Crippen molar-refractivity contribution >= 4 is 11.7 Å². The van der Waals surface area contributed by atoms with Crippen molar-refractivity contribution < 1.29 is 5.21 Å². The van der Waals surface area contributed by atoms with Gasteiger partial charge in [-0.2, -0.15) is 0 Å². The molecule has 0 amide bonds. The Bertz CT molecular complexity index is 569. The van der Waals surface area contributed by atoms with Crippen molar-refractivity contribution in [2.75, 3.05) is 11.4 Å². The van der Waals surface area contributed by atoms with E-state index in [1.54, 1.807) is 12.4 Å². The van der Waals surface area contributed by atoms with Crippen LogP contribution in [0.15, 0.2) is 41.9 Å². The molecule has 104 valence electrons. The summed E-state index contributed by atoms with van der Waals surface area (Å²) in [7, 11) is 0. The monoisotopic (exact) mass is 272 g/mol. The van der Waals surface area contributed by atoms with Crippen LogP contribution < -0.4 is 10.6 Å². The lowest BCUT2D eigenvalue weighted by Gasteiger charge is -2.21. The first-order valence-electron chi connectivity index (χ1n) is 6.19. The fourth-order valence-corrected chi connectivity index (χ4v) is 1.71. The number of amidine groups is 1. The van der Waals surface area contributed by atoms with Gasteiger partial charge in [-0.05, 0) is 19.1 Å². The molecule has 0 radical (unpaired) electrons. The normalized spacial score (nSPS) is 11.3. The number of pyridine rings is 1. The highest BCUT2D eigenvalue weighted by atomic mass is 16.4. The van der Waals surface area contributed by atoms with Gasteiger partial charge in [-0.25, -0.2) is 9.97 Å². The Morgan fingerprint density at radius 1 is 1.30 bits per heavy atom. The molecule has 0 aliphatic rings. The van der Waals surface area contributed by atoms with Gasteiger partial charge in [0.2, 0.25) is 0 Å². The quantitative estimate of drug-likeness (QED) is 0.364. The van der Waals surface area contributed by atoms with E-state index in [1.165, 1.54) is 6.20 Å². The fraction of sp³-hybridized carbons (Fsp3) is 0.231. The molecule has 2 aromatic rings. The number of rotatable bonds is 5. The molecule has 2 heterocycles. The third-order valence-corrected chi connectivity index (χ3v) is 2.79. The van der Waals surface area contributed by atoms with E-state index >= 15 is 0 Å². The highest BCUT2D eigenvalue weighted by Gasteiger charge is 2.09. The van der Waals surface area contributed by atoms with Crippen LogP contribution in [0, 0.1) is 0 Å². The van der Waals surface area contributed by atoms with Crippen LogP contribution in [0.3, 0.4) is 0 Å². The number of aromatic nitrogens is 3. The van der Waals surface area contributed by atoms with Crippen molar-refractivity contribution in [1.82, 2.24) is 15.0 Å². The van der Waals surface area contributed by atoms with Gasteiger partial charge in [0.05, 0.1) is 24.6 Å². The minimum Gasteiger partial charge on any atom is -0.409 e. The van der Waals surface area contributed by atoms with Crippen molar-refractivity contribution in [2.24, 2.45) is 10.9 Å². The molecule has 0 spiro atoms. The smallest absolute Gasteiger partial charge is 0.190 e. The third kappa shape index (κ3) is 3.19. The van der Waals surface area contributed by atoms with Gasteiger partial charge in [-0.3, -0.25) is 4.98 Å². The minimum atomic E-state index is -0.0585. The van der Waals surface area contributed by atoms with E-state index in [9.17, 15) is 0 Å². The Balaban J connectivity index is 2.16. The predicted molar refractivity (Wildman–Crippen MR) is 75.5 cm³/mol. The first kappa shape index (κ1) is 13.7. The summed E-state index contributed by atoms with van der Waals surface area (Å²) < 4.78 is 0. The lowest BCUT2D eigenvalue weighted by molar-refractivity contribution is 0.318. The second-order valence-corrected chi connectivity index (χ2v) is 4.08. The van der Waals surface area contributed by atoms with Crippen LogP contribution in [0.4, 0.5) is 5.82 Å². The molecule has 0 saturated carbocycles. The number of hydrogen-bond donors (Lipinski definition) is 2. The molecule has 0 saturated heterocycles. The van der Waals surface area contributed by atoms with E-state index in [0.29, 0.717) is 18.1 Å². The Labute approximate surface area is 116 Å². The van der Waals surface area contributed by atoms with Crippen LogP contribution in [-0.2, 0) is 6.54 Å². The van der Waals surface area contributed by atoms with E-state index in [4.69, 9.17) is 10.9 Å². The summed E-state index contributed by atoms with van der Waals surface area (Å²) in [5.41, 5.74) is 6.74. The largest absolute Gasteiger partial charge is 0.409 e. The lowest BCUT2D eigenvalue weighted by Crippen LogP contribution is -2.24. The summed E-state index contributed by atoms with van der Waals surface area (Å²) in [5.74, 6) is 0.657. The van der Waals surface area contributed by atoms with Gasteiger partial charge in [0.25, 0.3) is 0 Å². The van der Waals surface area contributed by atoms with Crippen LogP contribution in [-0.4, -0.2) is 32.5 Å². The number of anilines is 1. The molecule has 0 bridgehead atoms. The Morgan fingerprint density at radius 2 is 2.15 bits per heavy atom. The number of nitrogens with two attached hydrogens (primary N) is 1. The van der Waals surface area contributed by atoms with Gasteiger partial charge in [0.15, 0.2) is 5.84 Å². The molecule has 2 aromatic heterocycles.